The summed E-state index contributed by atoms with van der Waals surface area (Å²) in [7, 11) is 0. The van der Waals surface area contributed by atoms with Crippen molar-refractivity contribution in [3.8, 4) is 0 Å². The van der Waals surface area contributed by atoms with Crippen molar-refractivity contribution in [3.63, 3.8) is 0 Å². The molecular weight excluding hydrogens is 332 g/mol. The molecule has 1 aromatic heterocycles. The predicted octanol–water partition coefficient (Wildman–Crippen LogP) is 2.26. The van der Waals surface area contributed by atoms with Gasteiger partial charge in [-0.25, -0.2) is 0 Å². The van der Waals surface area contributed by atoms with Crippen LogP contribution in [0.25, 0.3) is 0 Å². The normalized spacial score (nSPS) is 25.6. The fraction of sp³-hybridized carbons (Fsp3) is 0.842. The van der Waals surface area contributed by atoms with E-state index in [1.165, 1.54) is 0 Å². The molecule has 0 bridgehead atoms. The number of aromatic nitrogens is 2. The maximum atomic E-state index is 12.8. The van der Waals surface area contributed by atoms with Gasteiger partial charge >= 0.3 is 0 Å². The van der Waals surface area contributed by atoms with E-state index in [4.69, 9.17) is 9.26 Å². The van der Waals surface area contributed by atoms with E-state index in [1.54, 1.807) is 0 Å². The molecular formula is C19H32N4O3. The van der Waals surface area contributed by atoms with Crippen LogP contribution in [0.2, 0.25) is 0 Å². The second-order valence-corrected chi connectivity index (χ2v) is 7.76. The maximum absolute atomic E-state index is 12.8. The summed E-state index contributed by atoms with van der Waals surface area (Å²) in [4.78, 5) is 21.6. The number of morpholine rings is 1. The van der Waals surface area contributed by atoms with Crippen LogP contribution in [0.1, 0.15) is 58.2 Å². The third-order valence-electron chi connectivity index (χ3n) is 5.29. The molecule has 2 atom stereocenters. The molecule has 3 heterocycles. The van der Waals surface area contributed by atoms with Crippen molar-refractivity contribution in [2.45, 2.75) is 71.6 Å². The number of carbonyl (C=O) groups is 1. The molecule has 0 N–H and O–H groups in total. The summed E-state index contributed by atoms with van der Waals surface area (Å²) in [5.41, 5.74) is 0. The first-order valence-corrected chi connectivity index (χ1v) is 10.0. The SMILES string of the molecule is CCCCc1nc(CN2CCC(C(=O)N3CC(C)OC(C)C3)CC2)no1. The van der Waals surface area contributed by atoms with Gasteiger partial charge in [0.05, 0.1) is 18.8 Å². The van der Waals surface area contributed by atoms with Gasteiger partial charge in [0.15, 0.2) is 5.82 Å². The van der Waals surface area contributed by atoms with E-state index in [2.05, 4.69) is 22.0 Å². The molecule has 1 amide bonds. The Kier molecular flexibility index (Phi) is 6.64. The second-order valence-electron chi connectivity index (χ2n) is 7.76. The summed E-state index contributed by atoms with van der Waals surface area (Å²) in [6.45, 7) is 10.2. The molecule has 2 saturated heterocycles. The lowest BCUT2D eigenvalue weighted by Crippen LogP contribution is -2.51. The molecule has 0 aromatic carbocycles. The highest BCUT2D eigenvalue weighted by Gasteiger charge is 2.32. The summed E-state index contributed by atoms with van der Waals surface area (Å²) in [6, 6.07) is 0. The van der Waals surface area contributed by atoms with Crippen molar-refractivity contribution in [2.75, 3.05) is 26.2 Å². The quantitative estimate of drug-likeness (QED) is 0.771. The molecule has 7 heteroatoms. The molecule has 26 heavy (non-hydrogen) atoms. The van der Waals surface area contributed by atoms with E-state index in [0.29, 0.717) is 25.5 Å². The van der Waals surface area contributed by atoms with Gasteiger partial charge in [-0.15, -0.1) is 0 Å². The zero-order chi connectivity index (χ0) is 18.5. The third-order valence-corrected chi connectivity index (χ3v) is 5.29. The van der Waals surface area contributed by atoms with Crippen LogP contribution in [0.4, 0.5) is 0 Å². The van der Waals surface area contributed by atoms with Crippen LogP contribution < -0.4 is 0 Å². The van der Waals surface area contributed by atoms with Crippen LogP contribution in [0.3, 0.4) is 0 Å². The number of rotatable bonds is 6. The number of hydrogen-bond donors (Lipinski definition) is 0. The van der Waals surface area contributed by atoms with E-state index in [1.807, 2.05) is 18.7 Å². The Labute approximate surface area is 156 Å². The van der Waals surface area contributed by atoms with Crippen molar-refractivity contribution in [1.29, 1.82) is 0 Å². The minimum atomic E-state index is 0.128. The topological polar surface area (TPSA) is 71.7 Å². The van der Waals surface area contributed by atoms with Crippen LogP contribution in [-0.4, -0.2) is 64.2 Å². The monoisotopic (exact) mass is 364 g/mol. The molecule has 1 aromatic rings. The number of nitrogens with zero attached hydrogens (tertiary/aromatic N) is 4. The van der Waals surface area contributed by atoms with Crippen molar-refractivity contribution in [1.82, 2.24) is 19.9 Å². The van der Waals surface area contributed by atoms with Crippen LogP contribution in [0, 0.1) is 5.92 Å². The number of hydrogen-bond acceptors (Lipinski definition) is 6. The fourth-order valence-electron chi connectivity index (χ4n) is 3.94. The van der Waals surface area contributed by atoms with Gasteiger partial charge < -0.3 is 14.2 Å². The fourth-order valence-corrected chi connectivity index (χ4v) is 3.94. The average Bonchev–Trinajstić information content (AvgIpc) is 3.06. The summed E-state index contributed by atoms with van der Waals surface area (Å²) >= 11 is 0. The number of aryl methyl sites for hydroxylation is 1. The van der Waals surface area contributed by atoms with Gasteiger partial charge in [0.25, 0.3) is 0 Å². The van der Waals surface area contributed by atoms with E-state index in [9.17, 15) is 4.79 Å². The Morgan fingerprint density at radius 1 is 1.19 bits per heavy atom. The highest BCUT2D eigenvalue weighted by atomic mass is 16.5. The largest absolute Gasteiger partial charge is 0.372 e. The van der Waals surface area contributed by atoms with Crippen molar-refractivity contribution in [2.24, 2.45) is 5.92 Å². The number of piperidine rings is 1. The molecule has 0 spiro atoms. The summed E-state index contributed by atoms with van der Waals surface area (Å²) in [5, 5.41) is 4.09. The number of likely N-dealkylation sites (tertiary alicyclic amines) is 1. The summed E-state index contributed by atoms with van der Waals surface area (Å²) in [5.74, 6) is 1.93. The predicted molar refractivity (Wildman–Crippen MR) is 97.5 cm³/mol. The van der Waals surface area contributed by atoms with Crippen LogP contribution in [0.5, 0.6) is 0 Å². The molecule has 0 aliphatic carbocycles. The Bertz CT molecular complexity index is 573. The molecule has 2 aliphatic rings. The van der Waals surface area contributed by atoms with Crippen LogP contribution in [0.15, 0.2) is 4.52 Å². The maximum Gasteiger partial charge on any atom is 0.226 e. The van der Waals surface area contributed by atoms with Gasteiger partial charge in [0.2, 0.25) is 11.8 Å². The first kappa shape index (κ1) is 19.3. The third kappa shape index (κ3) is 5.04. The molecule has 0 saturated carbocycles. The van der Waals surface area contributed by atoms with Crippen molar-refractivity contribution >= 4 is 5.91 Å². The minimum Gasteiger partial charge on any atom is -0.372 e. The Balaban J connectivity index is 1.45. The number of amides is 1. The first-order valence-electron chi connectivity index (χ1n) is 10.0. The Morgan fingerprint density at radius 2 is 1.88 bits per heavy atom. The molecule has 3 rings (SSSR count). The molecule has 2 aliphatic heterocycles. The second kappa shape index (κ2) is 8.95. The van der Waals surface area contributed by atoms with E-state index >= 15 is 0 Å². The van der Waals surface area contributed by atoms with E-state index < -0.39 is 0 Å². The highest BCUT2D eigenvalue weighted by Crippen LogP contribution is 2.23. The lowest BCUT2D eigenvalue weighted by molar-refractivity contribution is -0.148. The van der Waals surface area contributed by atoms with E-state index in [-0.39, 0.29) is 18.1 Å². The number of ether oxygens (including phenoxy) is 1. The summed E-state index contributed by atoms with van der Waals surface area (Å²) < 4.78 is 11.0. The zero-order valence-corrected chi connectivity index (χ0v) is 16.3. The summed E-state index contributed by atoms with van der Waals surface area (Å²) in [6.07, 6.45) is 5.12. The zero-order valence-electron chi connectivity index (χ0n) is 16.3. The molecule has 146 valence electrons. The van der Waals surface area contributed by atoms with Gasteiger partial charge in [0, 0.05) is 25.4 Å². The van der Waals surface area contributed by atoms with Gasteiger partial charge in [0.1, 0.15) is 0 Å². The van der Waals surface area contributed by atoms with Gasteiger partial charge in [-0.05, 0) is 46.2 Å². The van der Waals surface area contributed by atoms with E-state index in [0.717, 1.165) is 56.9 Å². The molecule has 0 radical (unpaired) electrons. The van der Waals surface area contributed by atoms with Crippen LogP contribution in [-0.2, 0) is 22.5 Å². The molecule has 2 unspecified atom stereocenters. The molecule has 2 fully saturated rings. The van der Waals surface area contributed by atoms with Crippen LogP contribution >= 0.6 is 0 Å². The standard InChI is InChI=1S/C19H32N4O3/c1-4-5-6-18-20-17(21-26-18)13-22-9-7-16(8-10-22)19(24)23-11-14(2)25-15(3)12-23/h14-16H,4-13H2,1-3H3. The minimum absolute atomic E-state index is 0.128. The Hall–Kier alpha value is -1.47. The van der Waals surface area contributed by atoms with Gasteiger partial charge in [-0.1, -0.05) is 18.5 Å². The first-order chi connectivity index (χ1) is 12.5. The number of carbonyl (C=O) groups excluding carboxylic acids is 1. The van der Waals surface area contributed by atoms with Crippen molar-refractivity contribution in [3.05, 3.63) is 11.7 Å². The smallest absolute Gasteiger partial charge is 0.226 e. The lowest BCUT2D eigenvalue weighted by Gasteiger charge is -2.39. The van der Waals surface area contributed by atoms with Gasteiger partial charge in [-0.3, -0.25) is 9.69 Å². The lowest BCUT2D eigenvalue weighted by atomic mass is 9.94. The average molecular weight is 364 g/mol. The number of unbranched alkanes of at least 4 members (excludes halogenated alkanes) is 1. The van der Waals surface area contributed by atoms with Gasteiger partial charge in [-0.2, -0.15) is 4.98 Å². The van der Waals surface area contributed by atoms with Crippen molar-refractivity contribution < 1.29 is 14.1 Å². The Morgan fingerprint density at radius 3 is 2.54 bits per heavy atom. The molecule has 7 nitrogen and oxygen atoms in total. The highest BCUT2D eigenvalue weighted by molar-refractivity contribution is 5.79.